The molecule has 0 aliphatic carbocycles. The highest BCUT2D eigenvalue weighted by molar-refractivity contribution is 7.92. The summed E-state index contributed by atoms with van der Waals surface area (Å²) < 4.78 is 54.4. The molecule has 0 saturated carbocycles. The lowest BCUT2D eigenvalue weighted by atomic mass is 10.3. The van der Waals surface area contributed by atoms with Gasteiger partial charge in [-0.2, -0.15) is 0 Å². The summed E-state index contributed by atoms with van der Waals surface area (Å²) >= 11 is 11.9. The maximum absolute atomic E-state index is 12.7. The quantitative estimate of drug-likeness (QED) is 0.423. The Morgan fingerprint density at radius 2 is 1.41 bits per heavy atom. The van der Waals surface area contributed by atoms with Crippen molar-refractivity contribution in [2.75, 3.05) is 16.6 Å². The first-order valence-corrected chi connectivity index (χ1v) is 12.7. The highest BCUT2D eigenvalue weighted by atomic mass is 35.5. The molecule has 3 rings (SSSR count). The molecule has 3 N–H and O–H groups in total. The van der Waals surface area contributed by atoms with E-state index in [-0.39, 0.29) is 26.2 Å². The fourth-order valence-corrected chi connectivity index (χ4v) is 5.28. The van der Waals surface area contributed by atoms with Crippen molar-refractivity contribution in [3.63, 3.8) is 0 Å². The molecular weight excluding hydrogens is 497 g/mol. The average molecular weight is 514 g/mol. The van der Waals surface area contributed by atoms with Gasteiger partial charge in [0.05, 0.1) is 16.5 Å². The van der Waals surface area contributed by atoms with E-state index >= 15 is 0 Å². The van der Waals surface area contributed by atoms with Crippen LogP contribution in [0.2, 0.25) is 10.0 Å². The number of carbonyl (C=O) groups is 1. The third-order valence-corrected chi connectivity index (χ3v) is 7.61. The first-order chi connectivity index (χ1) is 15.1. The number of hydrogen-bond acceptors (Lipinski definition) is 5. The van der Waals surface area contributed by atoms with Gasteiger partial charge in [-0.25, -0.2) is 21.6 Å². The molecule has 8 nitrogen and oxygen atoms in total. The second kappa shape index (κ2) is 9.88. The summed E-state index contributed by atoms with van der Waals surface area (Å²) in [5.74, 6) is -0.694. The normalized spacial score (nSPS) is 11.7. The summed E-state index contributed by atoms with van der Waals surface area (Å²) in [5.41, 5.74) is 0.394. The van der Waals surface area contributed by atoms with E-state index in [1.165, 1.54) is 54.6 Å². The van der Waals surface area contributed by atoms with Gasteiger partial charge in [0.25, 0.3) is 10.0 Å². The maximum atomic E-state index is 12.7. The van der Waals surface area contributed by atoms with E-state index in [0.29, 0.717) is 5.02 Å². The number of halogens is 2. The van der Waals surface area contributed by atoms with Crippen molar-refractivity contribution in [2.24, 2.45) is 0 Å². The van der Waals surface area contributed by atoms with Gasteiger partial charge in [0.2, 0.25) is 15.9 Å². The molecule has 0 unspecified atom stereocenters. The van der Waals surface area contributed by atoms with E-state index in [1.807, 2.05) is 0 Å². The number of rotatable bonds is 8. The number of nitrogens with one attached hydrogen (secondary N) is 3. The molecule has 0 fully saturated rings. The Balaban J connectivity index is 1.71. The topological polar surface area (TPSA) is 121 Å². The van der Waals surface area contributed by atoms with Crippen LogP contribution >= 0.6 is 23.2 Å². The first kappa shape index (κ1) is 24.0. The van der Waals surface area contributed by atoms with Crippen LogP contribution in [0.15, 0.2) is 82.6 Å². The van der Waals surface area contributed by atoms with Crippen molar-refractivity contribution in [1.82, 2.24) is 4.72 Å². The number of anilines is 2. The summed E-state index contributed by atoms with van der Waals surface area (Å²) in [5, 5.41) is 2.83. The van der Waals surface area contributed by atoms with Crippen LogP contribution < -0.4 is 14.8 Å². The lowest BCUT2D eigenvalue weighted by Gasteiger charge is -2.12. The molecule has 0 spiro atoms. The van der Waals surface area contributed by atoms with Crippen LogP contribution in [0.1, 0.15) is 0 Å². The molecule has 0 radical (unpaired) electrons. The second-order valence-electron chi connectivity index (χ2n) is 6.44. The second-order valence-corrected chi connectivity index (χ2v) is 10.7. The number of benzene rings is 3. The fraction of sp³-hybridized carbons (Fsp3) is 0.0500. The number of amides is 1. The molecule has 0 atom stereocenters. The van der Waals surface area contributed by atoms with Crippen molar-refractivity contribution in [2.45, 2.75) is 9.79 Å². The van der Waals surface area contributed by atoms with E-state index in [9.17, 15) is 21.6 Å². The Morgan fingerprint density at radius 3 is 2.06 bits per heavy atom. The van der Waals surface area contributed by atoms with Crippen molar-refractivity contribution < 1.29 is 21.6 Å². The minimum atomic E-state index is -4.07. The van der Waals surface area contributed by atoms with Crippen molar-refractivity contribution in [1.29, 1.82) is 0 Å². The summed E-state index contributed by atoms with van der Waals surface area (Å²) in [6, 6.07) is 17.5. The summed E-state index contributed by atoms with van der Waals surface area (Å²) in [6.07, 6.45) is 0. The van der Waals surface area contributed by atoms with E-state index in [0.717, 1.165) is 0 Å². The summed E-state index contributed by atoms with van der Waals surface area (Å²) in [4.78, 5) is 12.0. The predicted molar refractivity (Wildman–Crippen MR) is 124 cm³/mol. The van der Waals surface area contributed by atoms with Crippen LogP contribution in [0.3, 0.4) is 0 Å². The lowest BCUT2D eigenvalue weighted by molar-refractivity contribution is -0.115. The Morgan fingerprint density at radius 1 is 0.781 bits per heavy atom. The number of hydrogen-bond donors (Lipinski definition) is 3. The molecule has 0 bridgehead atoms. The van der Waals surface area contributed by atoms with E-state index in [1.54, 1.807) is 18.2 Å². The third-order valence-electron chi connectivity index (χ3n) is 4.08. The molecule has 1 amide bonds. The van der Waals surface area contributed by atoms with Gasteiger partial charge in [-0.1, -0.05) is 41.4 Å². The maximum Gasteiger partial charge on any atom is 0.263 e. The lowest BCUT2D eigenvalue weighted by Crippen LogP contribution is -2.32. The molecule has 32 heavy (non-hydrogen) atoms. The number of sulfonamides is 2. The highest BCUT2D eigenvalue weighted by Gasteiger charge is 2.20. The minimum absolute atomic E-state index is 0.0148. The molecule has 168 valence electrons. The summed E-state index contributed by atoms with van der Waals surface area (Å²) in [7, 11) is -7.95. The average Bonchev–Trinajstić information content (AvgIpc) is 2.76. The van der Waals surface area contributed by atoms with Gasteiger partial charge in [-0.05, 0) is 54.6 Å². The first-order valence-electron chi connectivity index (χ1n) is 8.99. The highest BCUT2D eigenvalue weighted by Crippen LogP contribution is 2.27. The molecule has 0 aliphatic rings. The van der Waals surface area contributed by atoms with Crippen LogP contribution in [0.5, 0.6) is 0 Å². The van der Waals surface area contributed by atoms with Gasteiger partial charge in [0.1, 0.15) is 4.90 Å². The predicted octanol–water partition coefficient (Wildman–Crippen LogP) is 3.71. The van der Waals surface area contributed by atoms with Gasteiger partial charge < -0.3 is 5.32 Å². The molecular formula is C20H17Cl2N3O5S2. The Labute approximate surface area is 195 Å². The van der Waals surface area contributed by atoms with Gasteiger partial charge >= 0.3 is 0 Å². The van der Waals surface area contributed by atoms with Crippen LogP contribution in [0.25, 0.3) is 0 Å². The molecule has 0 saturated heterocycles. The molecule has 0 aliphatic heterocycles. The molecule has 3 aromatic rings. The largest absolute Gasteiger partial charge is 0.325 e. The van der Waals surface area contributed by atoms with Crippen LogP contribution in [0.4, 0.5) is 11.4 Å². The molecule has 0 aromatic heterocycles. The molecule has 0 heterocycles. The van der Waals surface area contributed by atoms with E-state index in [2.05, 4.69) is 14.8 Å². The monoisotopic (exact) mass is 513 g/mol. The Kier molecular flexibility index (Phi) is 7.42. The van der Waals surface area contributed by atoms with Gasteiger partial charge in [0, 0.05) is 16.4 Å². The minimum Gasteiger partial charge on any atom is -0.325 e. The molecule has 3 aromatic carbocycles. The van der Waals surface area contributed by atoms with Crippen molar-refractivity contribution in [3.8, 4) is 0 Å². The Hall–Kier alpha value is -2.63. The SMILES string of the molecule is O=C(CNS(=O)(=O)c1ccccc1)Nc1ccc(Cl)c(S(=O)(=O)Nc2ccc(Cl)cc2)c1. The summed E-state index contributed by atoms with van der Waals surface area (Å²) in [6.45, 7) is -0.551. The van der Waals surface area contributed by atoms with Crippen LogP contribution in [0, 0.1) is 0 Å². The van der Waals surface area contributed by atoms with Crippen LogP contribution in [-0.2, 0) is 24.8 Å². The zero-order valence-corrected chi connectivity index (χ0v) is 19.4. The van der Waals surface area contributed by atoms with Crippen molar-refractivity contribution >= 4 is 60.5 Å². The zero-order chi connectivity index (χ0) is 23.4. The smallest absolute Gasteiger partial charge is 0.263 e. The van der Waals surface area contributed by atoms with E-state index < -0.39 is 32.5 Å². The van der Waals surface area contributed by atoms with Gasteiger partial charge in [0.15, 0.2) is 0 Å². The fourth-order valence-electron chi connectivity index (χ4n) is 2.56. The van der Waals surface area contributed by atoms with E-state index in [4.69, 9.17) is 23.2 Å². The third kappa shape index (κ3) is 6.21. The zero-order valence-electron chi connectivity index (χ0n) is 16.2. The van der Waals surface area contributed by atoms with Crippen LogP contribution in [-0.4, -0.2) is 29.3 Å². The van der Waals surface area contributed by atoms with Gasteiger partial charge in [-0.3, -0.25) is 9.52 Å². The molecule has 12 heteroatoms. The van der Waals surface area contributed by atoms with Crippen molar-refractivity contribution in [3.05, 3.63) is 82.8 Å². The standard InChI is InChI=1S/C20H17Cl2N3O5S2/c21-14-6-8-15(9-7-14)25-32(29,30)19-12-16(10-11-18(19)22)24-20(26)13-23-31(27,28)17-4-2-1-3-5-17/h1-12,23,25H,13H2,(H,24,26). The number of carbonyl (C=O) groups excluding carboxylic acids is 1. The van der Waals surface area contributed by atoms with Gasteiger partial charge in [-0.15, -0.1) is 0 Å². The Bertz CT molecular complexity index is 1330.